The van der Waals surface area contributed by atoms with Gasteiger partial charge in [0.25, 0.3) is 5.91 Å². The molecule has 5 heteroatoms. The van der Waals surface area contributed by atoms with E-state index in [9.17, 15) is 4.79 Å². The highest BCUT2D eigenvalue weighted by Crippen LogP contribution is 2.26. The van der Waals surface area contributed by atoms with E-state index in [1.165, 1.54) is 0 Å². The van der Waals surface area contributed by atoms with Crippen molar-refractivity contribution in [3.63, 3.8) is 0 Å². The number of para-hydroxylation sites is 1. The van der Waals surface area contributed by atoms with Gasteiger partial charge in [-0.2, -0.15) is 0 Å². The fourth-order valence-corrected chi connectivity index (χ4v) is 2.18. The fraction of sp³-hybridized carbons (Fsp3) is 0.0714. The third kappa shape index (κ3) is 3.08. The zero-order valence-electron chi connectivity index (χ0n) is 10.2. The number of hydrogen-bond acceptors (Lipinski definition) is 2. The lowest BCUT2D eigenvalue weighted by Crippen LogP contribution is -2.13. The maximum absolute atomic E-state index is 12.1. The highest BCUT2D eigenvalue weighted by Gasteiger charge is 2.11. The molecule has 3 nitrogen and oxygen atoms in total. The normalized spacial score (nSPS) is 10.3. The number of carbonyl (C=O) groups excluding carboxylic acids is 1. The molecule has 0 aliphatic carbocycles. The number of amides is 1. The summed E-state index contributed by atoms with van der Waals surface area (Å²) in [5, 5.41) is 3.31. The molecular formula is C14H12BrClN2O. The van der Waals surface area contributed by atoms with Gasteiger partial charge in [0.05, 0.1) is 10.7 Å². The number of aryl methyl sites for hydroxylation is 1. The first-order valence-electron chi connectivity index (χ1n) is 5.60. The Morgan fingerprint density at radius 3 is 2.68 bits per heavy atom. The van der Waals surface area contributed by atoms with Crippen LogP contribution in [0.25, 0.3) is 0 Å². The van der Waals surface area contributed by atoms with Crippen LogP contribution in [0.5, 0.6) is 0 Å². The average molecular weight is 340 g/mol. The van der Waals surface area contributed by atoms with Gasteiger partial charge >= 0.3 is 0 Å². The second kappa shape index (κ2) is 5.63. The molecule has 98 valence electrons. The van der Waals surface area contributed by atoms with E-state index in [0.717, 1.165) is 10.0 Å². The lowest BCUT2D eigenvalue weighted by molar-refractivity contribution is 0.102. The van der Waals surface area contributed by atoms with Gasteiger partial charge in [-0.15, -0.1) is 0 Å². The van der Waals surface area contributed by atoms with Crippen molar-refractivity contribution in [1.29, 1.82) is 0 Å². The molecule has 2 aromatic carbocycles. The molecule has 19 heavy (non-hydrogen) atoms. The number of carbonyl (C=O) groups is 1. The second-order valence-corrected chi connectivity index (χ2v) is 5.38. The number of halogens is 2. The Labute approximate surface area is 124 Å². The summed E-state index contributed by atoms with van der Waals surface area (Å²) in [4.78, 5) is 12.1. The first kappa shape index (κ1) is 13.9. The zero-order chi connectivity index (χ0) is 14.0. The van der Waals surface area contributed by atoms with Crippen LogP contribution in [0.2, 0.25) is 5.02 Å². The van der Waals surface area contributed by atoms with Crippen molar-refractivity contribution in [3.8, 4) is 0 Å². The summed E-state index contributed by atoms with van der Waals surface area (Å²) < 4.78 is 0.762. The van der Waals surface area contributed by atoms with Gasteiger partial charge in [-0.3, -0.25) is 4.79 Å². The molecule has 0 saturated carbocycles. The molecule has 0 aliphatic heterocycles. The summed E-state index contributed by atoms with van der Waals surface area (Å²) in [6, 6.07) is 10.5. The number of rotatable bonds is 2. The highest BCUT2D eigenvalue weighted by atomic mass is 79.9. The van der Waals surface area contributed by atoms with Crippen molar-refractivity contribution >= 4 is 44.8 Å². The van der Waals surface area contributed by atoms with Gasteiger partial charge < -0.3 is 11.1 Å². The molecule has 0 heterocycles. The van der Waals surface area contributed by atoms with Crippen LogP contribution in [0.1, 0.15) is 15.9 Å². The van der Waals surface area contributed by atoms with Crippen LogP contribution in [-0.4, -0.2) is 5.91 Å². The molecule has 0 fully saturated rings. The lowest BCUT2D eigenvalue weighted by Gasteiger charge is -2.10. The van der Waals surface area contributed by atoms with Gasteiger partial charge in [0, 0.05) is 15.7 Å². The third-order valence-electron chi connectivity index (χ3n) is 2.72. The number of nitrogens with two attached hydrogens (primary N) is 1. The molecule has 0 aliphatic rings. The van der Waals surface area contributed by atoms with Crippen LogP contribution in [0.4, 0.5) is 11.4 Å². The maximum atomic E-state index is 12.1. The van der Waals surface area contributed by atoms with Crippen LogP contribution in [-0.2, 0) is 0 Å². The molecule has 0 saturated heterocycles. The van der Waals surface area contributed by atoms with Crippen molar-refractivity contribution in [2.75, 3.05) is 11.1 Å². The van der Waals surface area contributed by atoms with Crippen molar-refractivity contribution in [3.05, 3.63) is 57.0 Å². The molecule has 1 amide bonds. The van der Waals surface area contributed by atoms with Gasteiger partial charge in [-0.1, -0.05) is 23.7 Å². The Balaban J connectivity index is 2.28. The number of nitrogens with one attached hydrogen (secondary N) is 1. The highest BCUT2D eigenvalue weighted by molar-refractivity contribution is 9.10. The van der Waals surface area contributed by atoms with Gasteiger partial charge in [0.15, 0.2) is 0 Å². The summed E-state index contributed by atoms with van der Waals surface area (Å²) in [7, 11) is 0. The van der Waals surface area contributed by atoms with Gasteiger partial charge in [-0.25, -0.2) is 0 Å². The number of hydrogen-bond donors (Lipinski definition) is 2. The molecule has 3 N–H and O–H groups in total. The van der Waals surface area contributed by atoms with Gasteiger partial charge in [0.1, 0.15) is 0 Å². The predicted molar refractivity (Wildman–Crippen MR) is 82.7 cm³/mol. The summed E-state index contributed by atoms with van der Waals surface area (Å²) in [6.07, 6.45) is 0. The van der Waals surface area contributed by atoms with E-state index in [-0.39, 0.29) is 5.91 Å². The first-order chi connectivity index (χ1) is 8.99. The van der Waals surface area contributed by atoms with Crippen LogP contribution >= 0.6 is 27.5 Å². The predicted octanol–water partition coefficient (Wildman–Crippen LogP) is 4.25. The molecular weight excluding hydrogens is 328 g/mol. The molecule has 0 unspecified atom stereocenters. The molecule has 2 aromatic rings. The largest absolute Gasteiger partial charge is 0.398 e. The Hall–Kier alpha value is -1.52. The summed E-state index contributed by atoms with van der Waals surface area (Å²) in [5.74, 6) is -0.240. The minimum Gasteiger partial charge on any atom is -0.398 e. The topological polar surface area (TPSA) is 55.1 Å². The molecule has 0 atom stereocenters. The minimum atomic E-state index is -0.240. The number of anilines is 2. The second-order valence-electron chi connectivity index (χ2n) is 4.12. The monoisotopic (exact) mass is 338 g/mol. The Morgan fingerprint density at radius 2 is 2.05 bits per heavy atom. The Kier molecular flexibility index (Phi) is 4.12. The quantitative estimate of drug-likeness (QED) is 0.804. The standard InChI is InChI=1S/C14H12BrClN2O/c1-8-3-2-4-11(16)13(8)18-14(19)9-5-6-10(15)12(17)7-9/h2-7H,17H2,1H3,(H,18,19). The van der Waals surface area contributed by atoms with E-state index in [1.54, 1.807) is 24.3 Å². The van der Waals surface area contributed by atoms with Crippen LogP contribution in [0, 0.1) is 6.92 Å². The van der Waals surface area contributed by atoms with Crippen molar-refractivity contribution in [1.82, 2.24) is 0 Å². The van der Waals surface area contributed by atoms with Crippen LogP contribution in [0.3, 0.4) is 0 Å². The molecule has 0 spiro atoms. The molecule has 2 rings (SSSR count). The summed E-state index contributed by atoms with van der Waals surface area (Å²) in [6.45, 7) is 1.89. The first-order valence-corrected chi connectivity index (χ1v) is 6.77. The third-order valence-corrected chi connectivity index (χ3v) is 3.76. The number of benzene rings is 2. The van der Waals surface area contributed by atoms with E-state index >= 15 is 0 Å². The minimum absolute atomic E-state index is 0.240. The van der Waals surface area contributed by atoms with Gasteiger partial charge in [0.2, 0.25) is 0 Å². The smallest absolute Gasteiger partial charge is 0.255 e. The van der Waals surface area contributed by atoms with E-state index < -0.39 is 0 Å². The van der Waals surface area contributed by atoms with E-state index in [1.807, 2.05) is 19.1 Å². The van der Waals surface area contributed by atoms with E-state index in [0.29, 0.717) is 22.0 Å². The SMILES string of the molecule is Cc1cccc(Cl)c1NC(=O)c1ccc(Br)c(N)c1. The maximum Gasteiger partial charge on any atom is 0.255 e. The van der Waals surface area contributed by atoms with Crippen molar-refractivity contribution < 1.29 is 4.79 Å². The zero-order valence-corrected chi connectivity index (χ0v) is 12.5. The van der Waals surface area contributed by atoms with E-state index in [2.05, 4.69) is 21.2 Å². The lowest BCUT2D eigenvalue weighted by atomic mass is 10.1. The van der Waals surface area contributed by atoms with Crippen molar-refractivity contribution in [2.24, 2.45) is 0 Å². The van der Waals surface area contributed by atoms with Crippen LogP contribution in [0.15, 0.2) is 40.9 Å². The number of nitrogen functional groups attached to an aromatic ring is 1. The van der Waals surface area contributed by atoms with E-state index in [4.69, 9.17) is 17.3 Å². The fourth-order valence-electron chi connectivity index (χ4n) is 1.66. The van der Waals surface area contributed by atoms with Crippen LogP contribution < -0.4 is 11.1 Å². The van der Waals surface area contributed by atoms with Gasteiger partial charge in [-0.05, 0) is 52.7 Å². The summed E-state index contributed by atoms with van der Waals surface area (Å²) >= 11 is 9.36. The summed E-state index contributed by atoms with van der Waals surface area (Å²) in [5.41, 5.74) is 8.29. The Bertz CT molecular complexity index is 623. The molecule has 0 bridgehead atoms. The molecule has 0 radical (unpaired) electrons. The average Bonchev–Trinajstić information content (AvgIpc) is 2.37. The molecule has 0 aromatic heterocycles. The van der Waals surface area contributed by atoms with Crippen molar-refractivity contribution in [2.45, 2.75) is 6.92 Å². The Morgan fingerprint density at radius 1 is 1.32 bits per heavy atom.